The van der Waals surface area contributed by atoms with Crippen molar-refractivity contribution in [2.75, 3.05) is 11.9 Å². The van der Waals surface area contributed by atoms with Crippen LogP contribution in [0.3, 0.4) is 0 Å². The van der Waals surface area contributed by atoms with Gasteiger partial charge >= 0.3 is 0 Å². The van der Waals surface area contributed by atoms with E-state index in [1.807, 2.05) is 48.5 Å². The fourth-order valence-electron chi connectivity index (χ4n) is 3.94. The molecule has 29 heavy (non-hydrogen) atoms. The standard InChI is InChI=1S/C23H23N3O3/c27-21(14-15-7-8-15)26-13-3-5-19(26)22(28)24-17-11-9-16(10-12-17)23-25-18-4-1-2-6-20(18)29-23/h1-2,4,6,9-12,15,19H,3,5,7-8,13-14H2,(H,24,28)/t19-/m0/s1. The average molecular weight is 389 g/mol. The number of benzene rings is 2. The molecule has 2 heterocycles. The van der Waals surface area contributed by atoms with E-state index in [-0.39, 0.29) is 17.9 Å². The third-order valence-electron chi connectivity index (χ3n) is 5.73. The number of hydrogen-bond donors (Lipinski definition) is 1. The second-order valence-corrected chi connectivity index (χ2v) is 7.95. The van der Waals surface area contributed by atoms with Gasteiger partial charge in [0.1, 0.15) is 11.6 Å². The number of anilines is 1. The zero-order valence-electron chi connectivity index (χ0n) is 16.1. The number of aromatic nitrogens is 1. The minimum atomic E-state index is -0.363. The zero-order valence-corrected chi connectivity index (χ0v) is 16.1. The molecule has 3 aromatic rings. The summed E-state index contributed by atoms with van der Waals surface area (Å²) < 4.78 is 5.79. The van der Waals surface area contributed by atoms with Crippen molar-refractivity contribution in [2.45, 2.75) is 38.1 Å². The predicted octanol–water partition coefficient (Wildman–Crippen LogP) is 4.22. The Kier molecular flexibility index (Phi) is 4.54. The third-order valence-corrected chi connectivity index (χ3v) is 5.73. The summed E-state index contributed by atoms with van der Waals surface area (Å²) in [5.74, 6) is 1.10. The van der Waals surface area contributed by atoms with Crippen LogP contribution in [0.4, 0.5) is 5.69 Å². The lowest BCUT2D eigenvalue weighted by atomic mass is 10.1. The van der Waals surface area contributed by atoms with Gasteiger partial charge in [0, 0.05) is 24.2 Å². The first-order valence-electron chi connectivity index (χ1n) is 10.2. The Balaban J connectivity index is 1.26. The first kappa shape index (κ1) is 17.9. The van der Waals surface area contributed by atoms with E-state index in [1.165, 1.54) is 0 Å². The van der Waals surface area contributed by atoms with Crippen molar-refractivity contribution in [3.63, 3.8) is 0 Å². The van der Waals surface area contributed by atoms with Crippen LogP contribution in [0.1, 0.15) is 32.1 Å². The molecule has 1 saturated heterocycles. The Morgan fingerprint density at radius 3 is 2.62 bits per heavy atom. The number of oxazole rings is 1. The molecule has 1 N–H and O–H groups in total. The van der Waals surface area contributed by atoms with E-state index in [1.54, 1.807) is 4.90 Å². The highest BCUT2D eigenvalue weighted by molar-refractivity contribution is 5.97. The molecule has 1 atom stereocenters. The second-order valence-electron chi connectivity index (χ2n) is 7.95. The van der Waals surface area contributed by atoms with Crippen molar-refractivity contribution in [1.29, 1.82) is 0 Å². The first-order chi connectivity index (χ1) is 14.2. The molecular weight excluding hydrogens is 366 g/mol. The largest absolute Gasteiger partial charge is 0.436 e. The lowest BCUT2D eigenvalue weighted by Crippen LogP contribution is -2.43. The molecule has 6 heteroatoms. The van der Waals surface area contributed by atoms with Gasteiger partial charge in [0.15, 0.2) is 5.58 Å². The number of amides is 2. The van der Waals surface area contributed by atoms with Crippen molar-refractivity contribution >= 4 is 28.6 Å². The highest BCUT2D eigenvalue weighted by Crippen LogP contribution is 2.34. The van der Waals surface area contributed by atoms with Crippen molar-refractivity contribution in [2.24, 2.45) is 5.92 Å². The van der Waals surface area contributed by atoms with Gasteiger partial charge in [0.2, 0.25) is 17.7 Å². The molecule has 1 saturated carbocycles. The van der Waals surface area contributed by atoms with Crippen molar-refractivity contribution in [3.05, 3.63) is 48.5 Å². The Morgan fingerprint density at radius 1 is 1.07 bits per heavy atom. The van der Waals surface area contributed by atoms with Gasteiger partial charge in [-0.25, -0.2) is 4.98 Å². The van der Waals surface area contributed by atoms with Gasteiger partial charge in [-0.3, -0.25) is 9.59 Å². The van der Waals surface area contributed by atoms with E-state index in [0.29, 0.717) is 30.5 Å². The van der Waals surface area contributed by atoms with Crippen LogP contribution in [0.5, 0.6) is 0 Å². The van der Waals surface area contributed by atoms with Crippen LogP contribution < -0.4 is 5.32 Å². The molecule has 0 radical (unpaired) electrons. The summed E-state index contributed by atoms with van der Waals surface area (Å²) in [6.07, 6.45) is 4.48. The van der Waals surface area contributed by atoms with Crippen molar-refractivity contribution in [1.82, 2.24) is 9.88 Å². The molecule has 148 valence electrons. The average Bonchev–Trinajstić information content (AvgIpc) is 3.24. The van der Waals surface area contributed by atoms with Crippen molar-refractivity contribution < 1.29 is 14.0 Å². The van der Waals surface area contributed by atoms with Crippen LogP contribution >= 0.6 is 0 Å². The molecular formula is C23H23N3O3. The Hall–Kier alpha value is -3.15. The summed E-state index contributed by atoms with van der Waals surface area (Å²) in [7, 11) is 0. The summed E-state index contributed by atoms with van der Waals surface area (Å²) in [5.41, 5.74) is 3.12. The molecule has 0 spiro atoms. The number of nitrogens with one attached hydrogen (secondary N) is 1. The normalized spacial score (nSPS) is 18.9. The molecule has 0 bridgehead atoms. The quantitative estimate of drug-likeness (QED) is 0.709. The first-order valence-corrected chi connectivity index (χ1v) is 10.2. The van der Waals surface area contributed by atoms with Crippen LogP contribution in [-0.2, 0) is 9.59 Å². The maximum atomic E-state index is 12.8. The number of fused-ring (bicyclic) bond motifs is 1. The van der Waals surface area contributed by atoms with Crippen LogP contribution in [0.25, 0.3) is 22.6 Å². The number of nitrogens with zero attached hydrogens (tertiary/aromatic N) is 2. The molecule has 2 aliphatic rings. The van der Waals surface area contributed by atoms with Gasteiger partial charge < -0.3 is 14.6 Å². The van der Waals surface area contributed by atoms with Gasteiger partial charge in [-0.15, -0.1) is 0 Å². The molecule has 1 aliphatic carbocycles. The van der Waals surface area contributed by atoms with E-state index in [9.17, 15) is 9.59 Å². The number of hydrogen-bond acceptors (Lipinski definition) is 4. The molecule has 5 rings (SSSR count). The lowest BCUT2D eigenvalue weighted by molar-refractivity contribution is -0.136. The minimum absolute atomic E-state index is 0.110. The van der Waals surface area contributed by atoms with Crippen LogP contribution in [0, 0.1) is 5.92 Å². The fraction of sp³-hybridized carbons (Fsp3) is 0.348. The second kappa shape index (κ2) is 7.35. The van der Waals surface area contributed by atoms with Gasteiger partial charge in [0.25, 0.3) is 0 Å². The van der Waals surface area contributed by atoms with Gasteiger partial charge in [-0.1, -0.05) is 12.1 Å². The number of para-hydroxylation sites is 2. The Bertz CT molecular complexity index is 1020. The van der Waals surface area contributed by atoms with E-state index in [2.05, 4.69) is 10.3 Å². The van der Waals surface area contributed by atoms with Gasteiger partial charge in [0.05, 0.1) is 0 Å². The Labute approximate surface area is 168 Å². The van der Waals surface area contributed by atoms with Crippen LogP contribution in [0.2, 0.25) is 0 Å². The highest BCUT2D eigenvalue weighted by atomic mass is 16.3. The molecule has 2 aromatic carbocycles. The SMILES string of the molecule is O=C(Nc1ccc(-c2nc3ccccc3o2)cc1)[C@@H]1CCCN1C(=O)CC1CC1. The maximum absolute atomic E-state index is 12.8. The monoisotopic (exact) mass is 389 g/mol. The van der Waals surface area contributed by atoms with Crippen molar-refractivity contribution in [3.8, 4) is 11.5 Å². The Morgan fingerprint density at radius 2 is 1.86 bits per heavy atom. The number of carbonyl (C=O) groups is 2. The maximum Gasteiger partial charge on any atom is 0.247 e. The van der Waals surface area contributed by atoms with E-state index < -0.39 is 0 Å². The summed E-state index contributed by atoms with van der Waals surface area (Å²) in [6, 6.07) is 14.7. The van der Waals surface area contributed by atoms with Gasteiger partial charge in [-0.05, 0) is 68.0 Å². The van der Waals surface area contributed by atoms with Crippen LogP contribution in [0.15, 0.2) is 52.9 Å². The summed E-state index contributed by atoms with van der Waals surface area (Å²) in [6.45, 7) is 0.681. The summed E-state index contributed by atoms with van der Waals surface area (Å²) >= 11 is 0. The van der Waals surface area contributed by atoms with Gasteiger partial charge in [-0.2, -0.15) is 0 Å². The summed E-state index contributed by atoms with van der Waals surface area (Å²) in [5, 5.41) is 2.96. The van der Waals surface area contributed by atoms with E-state index >= 15 is 0 Å². The molecule has 1 aliphatic heterocycles. The minimum Gasteiger partial charge on any atom is -0.436 e. The van der Waals surface area contributed by atoms with Crippen LogP contribution in [-0.4, -0.2) is 34.3 Å². The third kappa shape index (κ3) is 3.75. The molecule has 2 amide bonds. The number of carbonyl (C=O) groups excluding carboxylic acids is 2. The zero-order chi connectivity index (χ0) is 19.8. The lowest BCUT2D eigenvalue weighted by Gasteiger charge is -2.24. The molecule has 0 unspecified atom stereocenters. The molecule has 2 fully saturated rings. The smallest absolute Gasteiger partial charge is 0.247 e. The summed E-state index contributed by atoms with van der Waals surface area (Å²) in [4.78, 5) is 31.5. The topological polar surface area (TPSA) is 75.4 Å². The predicted molar refractivity (Wildman–Crippen MR) is 110 cm³/mol. The molecule has 6 nitrogen and oxygen atoms in total. The van der Waals surface area contributed by atoms with E-state index in [4.69, 9.17) is 4.42 Å². The molecule has 1 aromatic heterocycles. The highest BCUT2D eigenvalue weighted by Gasteiger charge is 2.36. The fourth-order valence-corrected chi connectivity index (χ4v) is 3.94. The number of likely N-dealkylation sites (tertiary alicyclic amines) is 1. The van der Waals surface area contributed by atoms with E-state index in [0.717, 1.165) is 42.3 Å². The number of rotatable bonds is 5.